The number of piperidine rings is 1. The highest BCUT2D eigenvalue weighted by Crippen LogP contribution is 2.14. The maximum Gasteiger partial charge on any atom is 0.0217 e. The SMILES string of the molecule is CCN(CC)CC(C)NCC1CCCCN1C. The molecule has 0 saturated carbocycles. The van der Waals surface area contributed by atoms with Crippen molar-refractivity contribution in [1.29, 1.82) is 0 Å². The molecule has 3 nitrogen and oxygen atoms in total. The van der Waals surface area contributed by atoms with Crippen LogP contribution in [-0.2, 0) is 0 Å². The van der Waals surface area contributed by atoms with Crippen molar-refractivity contribution < 1.29 is 0 Å². The third-order valence-corrected chi connectivity index (χ3v) is 4.05. The molecule has 0 amide bonds. The Morgan fingerprint density at radius 2 is 2.00 bits per heavy atom. The molecule has 1 aliphatic heterocycles. The molecule has 2 unspecified atom stereocenters. The first-order valence-corrected chi connectivity index (χ1v) is 7.33. The third kappa shape index (κ3) is 5.36. The molecular weight excluding hydrogens is 210 g/mol. The summed E-state index contributed by atoms with van der Waals surface area (Å²) in [5.41, 5.74) is 0. The van der Waals surface area contributed by atoms with Crippen molar-refractivity contribution in [2.75, 3.05) is 39.8 Å². The fourth-order valence-electron chi connectivity index (χ4n) is 2.67. The Balaban J connectivity index is 2.20. The molecule has 0 aromatic heterocycles. The van der Waals surface area contributed by atoms with Crippen LogP contribution in [0, 0.1) is 0 Å². The molecule has 2 atom stereocenters. The summed E-state index contributed by atoms with van der Waals surface area (Å²) in [5, 5.41) is 3.70. The number of hydrogen-bond acceptors (Lipinski definition) is 3. The Hall–Kier alpha value is -0.120. The molecule has 0 radical (unpaired) electrons. The number of rotatable bonds is 7. The molecular formula is C14H31N3. The van der Waals surface area contributed by atoms with Gasteiger partial charge in [-0.25, -0.2) is 0 Å². The molecule has 3 heteroatoms. The van der Waals surface area contributed by atoms with Crippen LogP contribution >= 0.6 is 0 Å². The highest BCUT2D eigenvalue weighted by Gasteiger charge is 2.19. The molecule has 0 spiro atoms. The zero-order valence-electron chi connectivity index (χ0n) is 12.2. The number of likely N-dealkylation sites (N-methyl/N-ethyl adjacent to an activating group) is 2. The lowest BCUT2D eigenvalue weighted by molar-refractivity contribution is 0.173. The van der Waals surface area contributed by atoms with Gasteiger partial charge in [-0.05, 0) is 46.4 Å². The molecule has 17 heavy (non-hydrogen) atoms. The van der Waals surface area contributed by atoms with Gasteiger partial charge in [0.25, 0.3) is 0 Å². The van der Waals surface area contributed by atoms with Gasteiger partial charge in [-0.3, -0.25) is 0 Å². The first-order valence-electron chi connectivity index (χ1n) is 7.33. The smallest absolute Gasteiger partial charge is 0.0217 e. The van der Waals surface area contributed by atoms with E-state index in [4.69, 9.17) is 0 Å². The normalized spacial score (nSPS) is 24.2. The molecule has 102 valence electrons. The number of nitrogens with zero attached hydrogens (tertiary/aromatic N) is 2. The Morgan fingerprint density at radius 3 is 2.59 bits per heavy atom. The van der Waals surface area contributed by atoms with Crippen LogP contribution < -0.4 is 5.32 Å². The average Bonchev–Trinajstić information content (AvgIpc) is 2.35. The fraction of sp³-hybridized carbons (Fsp3) is 1.00. The summed E-state index contributed by atoms with van der Waals surface area (Å²) in [6.45, 7) is 12.7. The van der Waals surface area contributed by atoms with Crippen LogP contribution in [0.2, 0.25) is 0 Å². The maximum absolute atomic E-state index is 3.70. The molecule has 1 saturated heterocycles. The molecule has 0 aromatic carbocycles. The average molecular weight is 241 g/mol. The van der Waals surface area contributed by atoms with Crippen LogP contribution in [0.4, 0.5) is 0 Å². The van der Waals surface area contributed by atoms with Gasteiger partial charge in [-0.1, -0.05) is 20.3 Å². The summed E-state index contributed by atoms with van der Waals surface area (Å²) in [7, 11) is 2.26. The minimum atomic E-state index is 0.602. The van der Waals surface area contributed by atoms with E-state index in [0.29, 0.717) is 6.04 Å². The van der Waals surface area contributed by atoms with Gasteiger partial charge in [-0.2, -0.15) is 0 Å². The van der Waals surface area contributed by atoms with E-state index in [-0.39, 0.29) is 0 Å². The Bertz CT molecular complexity index is 192. The van der Waals surface area contributed by atoms with E-state index >= 15 is 0 Å². The number of nitrogens with one attached hydrogen (secondary N) is 1. The van der Waals surface area contributed by atoms with Crippen molar-refractivity contribution in [3.63, 3.8) is 0 Å². The highest BCUT2D eigenvalue weighted by atomic mass is 15.2. The van der Waals surface area contributed by atoms with Crippen molar-refractivity contribution in [2.45, 2.75) is 52.1 Å². The second kappa shape index (κ2) is 8.06. The van der Waals surface area contributed by atoms with Crippen LogP contribution in [0.25, 0.3) is 0 Å². The predicted octanol–water partition coefficient (Wildman–Crippen LogP) is 1.79. The van der Waals surface area contributed by atoms with E-state index in [1.54, 1.807) is 0 Å². The Morgan fingerprint density at radius 1 is 1.29 bits per heavy atom. The van der Waals surface area contributed by atoms with Gasteiger partial charge < -0.3 is 15.1 Å². The van der Waals surface area contributed by atoms with Gasteiger partial charge in [0.05, 0.1) is 0 Å². The van der Waals surface area contributed by atoms with Gasteiger partial charge in [0.1, 0.15) is 0 Å². The van der Waals surface area contributed by atoms with E-state index < -0.39 is 0 Å². The van der Waals surface area contributed by atoms with Crippen LogP contribution in [-0.4, -0.2) is 61.7 Å². The lowest BCUT2D eigenvalue weighted by Crippen LogP contribution is -2.47. The quantitative estimate of drug-likeness (QED) is 0.733. The fourth-order valence-corrected chi connectivity index (χ4v) is 2.67. The van der Waals surface area contributed by atoms with Gasteiger partial charge in [-0.15, -0.1) is 0 Å². The second-order valence-electron chi connectivity index (χ2n) is 5.43. The van der Waals surface area contributed by atoms with Gasteiger partial charge in [0.15, 0.2) is 0 Å². The monoisotopic (exact) mass is 241 g/mol. The zero-order valence-corrected chi connectivity index (χ0v) is 12.2. The molecule has 0 aromatic rings. The van der Waals surface area contributed by atoms with Gasteiger partial charge in [0.2, 0.25) is 0 Å². The molecule has 0 aliphatic carbocycles. The predicted molar refractivity (Wildman–Crippen MR) is 75.5 cm³/mol. The summed E-state index contributed by atoms with van der Waals surface area (Å²) in [6.07, 6.45) is 4.14. The number of likely N-dealkylation sites (tertiary alicyclic amines) is 1. The second-order valence-corrected chi connectivity index (χ2v) is 5.43. The van der Waals surface area contributed by atoms with E-state index in [0.717, 1.165) is 25.7 Å². The van der Waals surface area contributed by atoms with Crippen LogP contribution in [0.15, 0.2) is 0 Å². The first-order chi connectivity index (χ1) is 8.17. The third-order valence-electron chi connectivity index (χ3n) is 4.05. The van der Waals surface area contributed by atoms with E-state index in [2.05, 4.69) is 42.9 Å². The standard InChI is InChI=1S/C14H31N3/c1-5-17(6-2)12-13(3)15-11-14-9-7-8-10-16(14)4/h13-15H,5-12H2,1-4H3. The minimum absolute atomic E-state index is 0.602. The van der Waals surface area contributed by atoms with Crippen molar-refractivity contribution in [3.05, 3.63) is 0 Å². The Labute approximate surface area is 108 Å². The minimum Gasteiger partial charge on any atom is -0.311 e. The van der Waals surface area contributed by atoms with Crippen molar-refractivity contribution >= 4 is 0 Å². The first kappa shape index (κ1) is 14.9. The molecule has 1 rings (SSSR count). The highest BCUT2D eigenvalue weighted by molar-refractivity contribution is 4.78. The van der Waals surface area contributed by atoms with Crippen LogP contribution in [0.1, 0.15) is 40.0 Å². The summed E-state index contributed by atoms with van der Waals surface area (Å²) in [4.78, 5) is 5.00. The van der Waals surface area contributed by atoms with E-state index in [9.17, 15) is 0 Å². The molecule has 1 N–H and O–H groups in total. The van der Waals surface area contributed by atoms with Crippen molar-refractivity contribution in [1.82, 2.24) is 15.1 Å². The summed E-state index contributed by atoms with van der Waals surface area (Å²) < 4.78 is 0. The van der Waals surface area contributed by atoms with Crippen molar-refractivity contribution in [3.8, 4) is 0 Å². The zero-order chi connectivity index (χ0) is 12.7. The lowest BCUT2D eigenvalue weighted by atomic mass is 10.0. The van der Waals surface area contributed by atoms with Crippen LogP contribution in [0.5, 0.6) is 0 Å². The van der Waals surface area contributed by atoms with Gasteiger partial charge in [0, 0.05) is 25.2 Å². The molecule has 1 fully saturated rings. The van der Waals surface area contributed by atoms with Crippen molar-refractivity contribution in [2.24, 2.45) is 0 Å². The molecule has 0 bridgehead atoms. The molecule has 1 heterocycles. The summed E-state index contributed by atoms with van der Waals surface area (Å²) in [6, 6.07) is 1.35. The molecule has 1 aliphatic rings. The summed E-state index contributed by atoms with van der Waals surface area (Å²) in [5.74, 6) is 0. The summed E-state index contributed by atoms with van der Waals surface area (Å²) >= 11 is 0. The van der Waals surface area contributed by atoms with E-state index in [1.807, 2.05) is 0 Å². The van der Waals surface area contributed by atoms with Gasteiger partial charge >= 0.3 is 0 Å². The topological polar surface area (TPSA) is 18.5 Å². The number of hydrogen-bond donors (Lipinski definition) is 1. The maximum atomic E-state index is 3.70. The lowest BCUT2D eigenvalue weighted by Gasteiger charge is -2.34. The Kier molecular flexibility index (Phi) is 7.09. The van der Waals surface area contributed by atoms with Crippen LogP contribution in [0.3, 0.4) is 0 Å². The van der Waals surface area contributed by atoms with E-state index in [1.165, 1.54) is 32.4 Å². The largest absolute Gasteiger partial charge is 0.311 e.